The summed E-state index contributed by atoms with van der Waals surface area (Å²) in [5, 5.41) is 18.7. The number of aromatic hydroxyl groups is 1. The topological polar surface area (TPSA) is 76.7 Å². The van der Waals surface area contributed by atoms with E-state index in [-0.39, 0.29) is 17.5 Å². The van der Waals surface area contributed by atoms with Crippen LogP contribution in [0.4, 0.5) is 8.78 Å². The van der Waals surface area contributed by atoms with Crippen molar-refractivity contribution in [3.63, 3.8) is 0 Å². The van der Waals surface area contributed by atoms with Gasteiger partial charge in [-0.3, -0.25) is 4.39 Å². The van der Waals surface area contributed by atoms with Crippen LogP contribution in [0.15, 0.2) is 48.7 Å². The second kappa shape index (κ2) is 9.14. The number of alkyl halides is 2. The Bertz CT molecular complexity index is 1080. The molecule has 1 aliphatic rings. The van der Waals surface area contributed by atoms with Gasteiger partial charge in [-0.2, -0.15) is 0 Å². The van der Waals surface area contributed by atoms with Crippen LogP contribution in [0.2, 0.25) is 0 Å². The summed E-state index contributed by atoms with van der Waals surface area (Å²) in [6, 6.07) is 5.17. The summed E-state index contributed by atoms with van der Waals surface area (Å²) in [4.78, 5) is 8.30. The molecule has 2 aromatic heterocycles. The van der Waals surface area contributed by atoms with Crippen LogP contribution in [-0.4, -0.2) is 42.7 Å². The summed E-state index contributed by atoms with van der Waals surface area (Å²) in [5.74, 6) is 0.123. The fourth-order valence-electron chi connectivity index (χ4n) is 4.71. The first-order chi connectivity index (χ1) is 15.4. The summed E-state index contributed by atoms with van der Waals surface area (Å²) in [6.45, 7) is 3.45. The van der Waals surface area contributed by atoms with Gasteiger partial charge in [-0.05, 0) is 49.0 Å². The van der Waals surface area contributed by atoms with Crippen LogP contribution in [0.3, 0.4) is 0 Å². The van der Waals surface area contributed by atoms with E-state index in [9.17, 15) is 9.50 Å². The molecule has 0 aliphatic heterocycles. The van der Waals surface area contributed by atoms with E-state index in [1.165, 1.54) is 6.20 Å². The normalized spacial score (nSPS) is 24.7. The molecule has 1 N–H and O–H groups in total. The van der Waals surface area contributed by atoms with E-state index >= 15 is 4.39 Å². The lowest BCUT2D eigenvalue weighted by molar-refractivity contribution is 0.0678. The van der Waals surface area contributed by atoms with Gasteiger partial charge in [-0.25, -0.2) is 14.4 Å². The zero-order valence-corrected chi connectivity index (χ0v) is 18.2. The van der Waals surface area contributed by atoms with E-state index in [0.29, 0.717) is 36.1 Å². The highest BCUT2D eigenvalue weighted by molar-refractivity contribution is 5.68. The number of hydrogen-bond acceptors (Lipinski definition) is 5. The van der Waals surface area contributed by atoms with E-state index in [1.807, 2.05) is 19.9 Å². The maximum absolute atomic E-state index is 15.3. The number of halogens is 2. The Balaban J connectivity index is 1.58. The standard InChI is InChI=1S/C24H27F2N5O/c1-3-6-24(2)12-16(13-25)9-17(23(24)26)10-22-28-14-20(29-30-22)19-5-4-18(11-21(19)32)31-8-7-27-15-31/h4-5,7-8,10-11,14-16,23,32H,3,6,9,12-13H2,1-2H3/b17-10+/t16-,23-,24-/m0/s1. The van der Waals surface area contributed by atoms with E-state index in [4.69, 9.17) is 0 Å². The SMILES string of the molecule is CCC[C@@]1(C)C[C@@H](CF)C/C(=C\c2ncc(-c3ccc(-n4ccnc4)cc3O)nn2)[C@@H]1F. The van der Waals surface area contributed by atoms with Crippen molar-refractivity contribution in [1.82, 2.24) is 24.7 Å². The van der Waals surface area contributed by atoms with Crippen LogP contribution in [0.25, 0.3) is 23.0 Å². The zero-order valence-electron chi connectivity index (χ0n) is 18.2. The summed E-state index contributed by atoms with van der Waals surface area (Å²) >= 11 is 0. The van der Waals surface area contributed by atoms with Crippen molar-refractivity contribution < 1.29 is 13.9 Å². The summed E-state index contributed by atoms with van der Waals surface area (Å²) in [6.07, 6.45) is 9.46. The van der Waals surface area contributed by atoms with Gasteiger partial charge in [-0.1, -0.05) is 20.3 Å². The van der Waals surface area contributed by atoms with Crippen molar-refractivity contribution in [3.05, 3.63) is 54.5 Å². The Morgan fingerprint density at radius 2 is 2.16 bits per heavy atom. The van der Waals surface area contributed by atoms with Gasteiger partial charge in [-0.15, -0.1) is 10.2 Å². The minimum atomic E-state index is -1.16. The van der Waals surface area contributed by atoms with Crippen LogP contribution < -0.4 is 0 Å². The molecule has 3 atom stereocenters. The Morgan fingerprint density at radius 1 is 1.31 bits per heavy atom. The van der Waals surface area contributed by atoms with Gasteiger partial charge in [0.15, 0.2) is 5.82 Å². The monoisotopic (exact) mass is 439 g/mol. The molecule has 0 unspecified atom stereocenters. The van der Waals surface area contributed by atoms with Gasteiger partial charge in [0.05, 0.1) is 24.9 Å². The number of imidazole rings is 1. The van der Waals surface area contributed by atoms with Crippen molar-refractivity contribution in [2.75, 3.05) is 6.67 Å². The van der Waals surface area contributed by atoms with Crippen molar-refractivity contribution in [2.24, 2.45) is 11.3 Å². The molecule has 0 saturated heterocycles. The van der Waals surface area contributed by atoms with Crippen LogP contribution >= 0.6 is 0 Å². The molecule has 32 heavy (non-hydrogen) atoms. The minimum Gasteiger partial charge on any atom is -0.507 e. The summed E-state index contributed by atoms with van der Waals surface area (Å²) < 4.78 is 30.6. The van der Waals surface area contributed by atoms with Crippen molar-refractivity contribution in [1.29, 1.82) is 0 Å². The first kappa shape index (κ1) is 22.0. The van der Waals surface area contributed by atoms with Crippen molar-refractivity contribution >= 4 is 6.08 Å². The number of benzene rings is 1. The smallest absolute Gasteiger partial charge is 0.174 e. The number of phenolic OH excluding ortho intramolecular Hbond substituents is 1. The Hall–Kier alpha value is -3.16. The van der Waals surface area contributed by atoms with Gasteiger partial charge in [0.25, 0.3) is 0 Å². The van der Waals surface area contributed by atoms with Gasteiger partial charge < -0.3 is 9.67 Å². The second-order valence-electron chi connectivity index (χ2n) is 8.79. The maximum atomic E-state index is 15.3. The van der Waals surface area contributed by atoms with Crippen LogP contribution in [-0.2, 0) is 0 Å². The molecule has 0 bridgehead atoms. The zero-order chi connectivity index (χ0) is 22.7. The summed E-state index contributed by atoms with van der Waals surface area (Å²) in [7, 11) is 0. The van der Waals surface area contributed by atoms with Crippen LogP contribution in [0, 0.1) is 11.3 Å². The van der Waals surface area contributed by atoms with Crippen LogP contribution in [0.1, 0.15) is 45.4 Å². The molecule has 0 amide bonds. The molecular formula is C24H27F2N5O. The average Bonchev–Trinajstić information content (AvgIpc) is 3.33. The first-order valence-electron chi connectivity index (χ1n) is 10.9. The van der Waals surface area contributed by atoms with Gasteiger partial charge in [0.1, 0.15) is 17.6 Å². The van der Waals surface area contributed by atoms with E-state index < -0.39 is 18.3 Å². The molecule has 0 spiro atoms. The highest BCUT2D eigenvalue weighted by atomic mass is 19.1. The number of nitrogens with zero attached hydrogens (tertiary/aromatic N) is 5. The van der Waals surface area contributed by atoms with Crippen molar-refractivity contribution in [3.8, 4) is 22.7 Å². The number of aromatic nitrogens is 5. The lowest BCUT2D eigenvalue weighted by Gasteiger charge is -2.41. The molecule has 168 valence electrons. The molecule has 8 heteroatoms. The molecule has 3 aromatic rings. The molecule has 1 aromatic carbocycles. The maximum Gasteiger partial charge on any atom is 0.174 e. The van der Waals surface area contributed by atoms with E-state index in [2.05, 4.69) is 20.2 Å². The predicted octanol–water partition coefficient (Wildman–Crippen LogP) is 5.34. The van der Waals surface area contributed by atoms with Crippen LogP contribution in [0.5, 0.6) is 5.75 Å². The largest absolute Gasteiger partial charge is 0.507 e. The van der Waals surface area contributed by atoms with Gasteiger partial charge in [0, 0.05) is 29.4 Å². The Morgan fingerprint density at radius 3 is 2.78 bits per heavy atom. The third kappa shape index (κ3) is 4.40. The molecule has 1 saturated carbocycles. The minimum absolute atomic E-state index is 0.0376. The highest BCUT2D eigenvalue weighted by Crippen LogP contribution is 2.47. The first-order valence-corrected chi connectivity index (χ1v) is 10.9. The molecule has 1 aliphatic carbocycles. The molecule has 1 fully saturated rings. The lowest BCUT2D eigenvalue weighted by atomic mass is 9.65. The number of rotatable bonds is 6. The van der Waals surface area contributed by atoms with E-state index in [1.54, 1.807) is 41.5 Å². The Labute approximate surface area is 186 Å². The fraction of sp³-hybridized carbons (Fsp3) is 0.417. The molecule has 6 nitrogen and oxygen atoms in total. The van der Waals surface area contributed by atoms with Crippen molar-refractivity contribution in [2.45, 2.75) is 45.7 Å². The number of hydrogen-bond donors (Lipinski definition) is 1. The predicted molar refractivity (Wildman–Crippen MR) is 119 cm³/mol. The quantitative estimate of drug-likeness (QED) is 0.561. The molecule has 2 heterocycles. The van der Waals surface area contributed by atoms with Gasteiger partial charge >= 0.3 is 0 Å². The highest BCUT2D eigenvalue weighted by Gasteiger charge is 2.42. The molecule has 4 rings (SSSR count). The fourth-order valence-corrected chi connectivity index (χ4v) is 4.71. The third-order valence-electron chi connectivity index (χ3n) is 6.21. The summed E-state index contributed by atoms with van der Waals surface area (Å²) in [5.41, 5.74) is 1.60. The second-order valence-corrected chi connectivity index (χ2v) is 8.79. The van der Waals surface area contributed by atoms with E-state index in [0.717, 1.165) is 12.1 Å². The molecular weight excluding hydrogens is 412 g/mol. The lowest BCUT2D eigenvalue weighted by Crippen LogP contribution is -2.38. The van der Waals surface area contributed by atoms with Gasteiger partial charge in [0.2, 0.25) is 0 Å². The number of phenols is 1. The average molecular weight is 440 g/mol. The Kier molecular flexibility index (Phi) is 6.30. The third-order valence-corrected chi connectivity index (χ3v) is 6.21. The molecule has 0 radical (unpaired) electrons. The number of allylic oxidation sites excluding steroid dienone is 1.